The largest absolute Gasteiger partial charge is 0.484 e. The van der Waals surface area contributed by atoms with E-state index in [2.05, 4.69) is 10.3 Å². The molecule has 0 radical (unpaired) electrons. The lowest BCUT2D eigenvalue weighted by Gasteiger charge is -2.25. The minimum absolute atomic E-state index is 0.184. The monoisotopic (exact) mass is 374 g/mol. The summed E-state index contributed by atoms with van der Waals surface area (Å²) in [7, 11) is 0. The second kappa shape index (κ2) is 7.22. The molecule has 1 aliphatic heterocycles. The van der Waals surface area contributed by atoms with E-state index in [9.17, 15) is 4.39 Å². The Balaban J connectivity index is 1.94. The number of hydrogen-bond acceptors (Lipinski definition) is 3. The van der Waals surface area contributed by atoms with Crippen LogP contribution < -0.4 is 10.1 Å². The molecular weight excluding hydrogens is 362 g/mol. The van der Waals surface area contributed by atoms with E-state index >= 15 is 0 Å². The van der Waals surface area contributed by atoms with Crippen LogP contribution >= 0.6 is 34.8 Å². The Morgan fingerprint density at radius 1 is 1.13 bits per heavy atom. The quantitative estimate of drug-likeness (QED) is 0.771. The molecule has 1 aromatic heterocycles. The van der Waals surface area contributed by atoms with Gasteiger partial charge in [-0.25, -0.2) is 4.39 Å². The van der Waals surface area contributed by atoms with Gasteiger partial charge in [0, 0.05) is 30.3 Å². The van der Waals surface area contributed by atoms with Crippen molar-refractivity contribution in [2.45, 2.75) is 12.5 Å². The van der Waals surface area contributed by atoms with Gasteiger partial charge < -0.3 is 10.1 Å². The van der Waals surface area contributed by atoms with Crippen LogP contribution in [0.3, 0.4) is 0 Å². The molecule has 2 heterocycles. The van der Waals surface area contributed by atoms with Crippen LogP contribution in [-0.4, -0.2) is 18.1 Å². The third-order valence-electron chi connectivity index (χ3n) is 3.81. The zero-order valence-corrected chi connectivity index (χ0v) is 14.3. The van der Waals surface area contributed by atoms with Gasteiger partial charge in [-0.3, -0.25) is 4.98 Å². The Morgan fingerprint density at radius 3 is 2.61 bits per heavy atom. The Morgan fingerprint density at radius 2 is 1.91 bits per heavy atom. The molecule has 3 nitrogen and oxygen atoms in total. The Hall–Kier alpha value is -1.07. The lowest BCUT2D eigenvalue weighted by molar-refractivity contribution is 0.144. The Bertz CT molecular complexity index is 708. The molecule has 0 bridgehead atoms. The minimum Gasteiger partial charge on any atom is -0.484 e. The molecule has 1 aliphatic rings. The maximum Gasteiger partial charge on any atom is 0.141 e. The first-order valence-electron chi connectivity index (χ1n) is 7.17. The van der Waals surface area contributed by atoms with E-state index in [-0.39, 0.29) is 12.0 Å². The first-order valence-corrected chi connectivity index (χ1v) is 8.30. The molecule has 7 heteroatoms. The molecule has 0 aliphatic carbocycles. The van der Waals surface area contributed by atoms with Crippen LogP contribution in [0, 0.1) is 11.7 Å². The van der Waals surface area contributed by atoms with Gasteiger partial charge >= 0.3 is 0 Å². The van der Waals surface area contributed by atoms with E-state index < -0.39 is 5.82 Å². The number of aromatic nitrogens is 1. The molecule has 2 aromatic rings. The van der Waals surface area contributed by atoms with Crippen molar-refractivity contribution in [3.63, 3.8) is 0 Å². The molecule has 23 heavy (non-hydrogen) atoms. The van der Waals surface area contributed by atoms with E-state index in [1.165, 1.54) is 18.3 Å². The van der Waals surface area contributed by atoms with Gasteiger partial charge in [0.25, 0.3) is 0 Å². The normalized spacial score (nSPS) is 18.9. The molecule has 2 atom stereocenters. The van der Waals surface area contributed by atoms with Crippen molar-refractivity contribution >= 4 is 34.8 Å². The smallest absolute Gasteiger partial charge is 0.141 e. The number of nitrogens with one attached hydrogen (secondary N) is 1. The van der Waals surface area contributed by atoms with Gasteiger partial charge in [0.05, 0.1) is 21.3 Å². The van der Waals surface area contributed by atoms with Crippen molar-refractivity contribution in [3.8, 4) is 5.75 Å². The highest BCUT2D eigenvalue weighted by Gasteiger charge is 2.29. The molecule has 0 unspecified atom stereocenters. The molecule has 0 spiro atoms. The average molecular weight is 376 g/mol. The van der Waals surface area contributed by atoms with E-state index in [1.54, 1.807) is 12.3 Å². The molecular formula is C16H14Cl3FN2O. The van der Waals surface area contributed by atoms with Crippen molar-refractivity contribution in [2.75, 3.05) is 13.1 Å². The predicted molar refractivity (Wildman–Crippen MR) is 90.0 cm³/mol. The molecule has 1 N–H and O–H groups in total. The summed E-state index contributed by atoms with van der Waals surface area (Å²) in [5, 5.41) is 4.36. The second-order valence-corrected chi connectivity index (χ2v) is 6.65. The molecule has 1 fully saturated rings. The second-order valence-electron chi connectivity index (χ2n) is 5.42. The maximum absolute atomic E-state index is 13.6. The summed E-state index contributed by atoms with van der Waals surface area (Å²) in [6.07, 6.45) is 3.32. The predicted octanol–water partition coefficient (Wildman–Crippen LogP) is 4.91. The van der Waals surface area contributed by atoms with Crippen LogP contribution in [0.15, 0.2) is 30.6 Å². The van der Waals surface area contributed by atoms with Crippen molar-refractivity contribution < 1.29 is 9.13 Å². The molecule has 0 amide bonds. The fraction of sp³-hybridized carbons (Fsp3) is 0.312. The maximum atomic E-state index is 13.6. The number of benzene rings is 1. The molecule has 0 saturated carbocycles. The van der Waals surface area contributed by atoms with Crippen LogP contribution in [0.1, 0.15) is 18.1 Å². The van der Waals surface area contributed by atoms with Crippen molar-refractivity contribution in [1.29, 1.82) is 0 Å². The standard InChI is InChI=1S/C16H14Cl3FN2O/c17-12-4-14(19)15(5-13(12)18)23-16(9-1-2-21-6-9)10-3-11(20)8-22-7-10/h3-5,7-9,16,21H,1-2,6H2/t9-,16+/m0/s1. The fourth-order valence-electron chi connectivity index (χ4n) is 2.69. The van der Waals surface area contributed by atoms with Crippen molar-refractivity contribution in [2.24, 2.45) is 5.92 Å². The summed E-state index contributed by atoms with van der Waals surface area (Å²) >= 11 is 18.2. The summed E-state index contributed by atoms with van der Waals surface area (Å²) in [5.41, 5.74) is 0.667. The SMILES string of the molecule is Fc1cncc([C@H](Oc2cc(Cl)c(Cl)cc2Cl)[C@H]2CCNC2)c1. The number of nitrogens with zero attached hydrogens (tertiary/aromatic N) is 1. The summed E-state index contributed by atoms with van der Waals surface area (Å²) in [5.74, 6) is 0.202. The molecule has 3 rings (SSSR count). The number of rotatable bonds is 4. The summed E-state index contributed by atoms with van der Waals surface area (Å²) in [6, 6.07) is 4.55. The number of hydrogen-bond donors (Lipinski definition) is 1. The zero-order valence-electron chi connectivity index (χ0n) is 12.0. The van der Waals surface area contributed by atoms with Gasteiger partial charge in [0.15, 0.2) is 0 Å². The van der Waals surface area contributed by atoms with Crippen molar-refractivity contribution in [3.05, 3.63) is 57.0 Å². The van der Waals surface area contributed by atoms with Gasteiger partial charge in [-0.05, 0) is 25.1 Å². The lowest BCUT2D eigenvalue weighted by atomic mass is 9.96. The summed E-state index contributed by atoms with van der Waals surface area (Å²) < 4.78 is 19.6. The van der Waals surface area contributed by atoms with Gasteiger partial charge in [-0.1, -0.05) is 34.8 Å². The van der Waals surface area contributed by atoms with Crippen LogP contribution in [0.5, 0.6) is 5.75 Å². The highest BCUT2D eigenvalue weighted by Crippen LogP contribution is 2.39. The molecule has 122 valence electrons. The van der Waals surface area contributed by atoms with E-state index in [1.807, 2.05) is 0 Å². The molecule has 1 saturated heterocycles. The Labute approximate surface area is 148 Å². The number of pyridine rings is 1. The first-order chi connectivity index (χ1) is 11.0. The minimum atomic E-state index is -0.401. The third-order valence-corrected chi connectivity index (χ3v) is 4.83. The van der Waals surface area contributed by atoms with Gasteiger partial charge in [-0.2, -0.15) is 0 Å². The topological polar surface area (TPSA) is 34.1 Å². The average Bonchev–Trinajstić information content (AvgIpc) is 3.03. The van der Waals surface area contributed by atoms with Gasteiger partial charge in [-0.15, -0.1) is 0 Å². The fourth-order valence-corrected chi connectivity index (χ4v) is 3.27. The highest BCUT2D eigenvalue weighted by molar-refractivity contribution is 6.43. The van der Waals surface area contributed by atoms with E-state index in [0.717, 1.165) is 19.5 Å². The van der Waals surface area contributed by atoms with Crippen LogP contribution in [0.2, 0.25) is 15.1 Å². The summed E-state index contributed by atoms with van der Waals surface area (Å²) in [4.78, 5) is 3.92. The van der Waals surface area contributed by atoms with E-state index in [4.69, 9.17) is 39.5 Å². The molecule has 1 aromatic carbocycles. The first kappa shape index (κ1) is 16.8. The Kier molecular flexibility index (Phi) is 5.27. The van der Waals surface area contributed by atoms with Crippen molar-refractivity contribution in [1.82, 2.24) is 10.3 Å². The van der Waals surface area contributed by atoms with E-state index in [0.29, 0.717) is 26.4 Å². The highest BCUT2D eigenvalue weighted by atomic mass is 35.5. The van der Waals surface area contributed by atoms with Gasteiger partial charge in [0.2, 0.25) is 0 Å². The van der Waals surface area contributed by atoms with Crippen LogP contribution in [-0.2, 0) is 0 Å². The lowest BCUT2D eigenvalue weighted by Crippen LogP contribution is -2.22. The van der Waals surface area contributed by atoms with Crippen LogP contribution in [0.4, 0.5) is 4.39 Å². The zero-order chi connectivity index (χ0) is 16.4. The number of ether oxygens (including phenoxy) is 1. The summed E-state index contributed by atoms with van der Waals surface area (Å²) in [6.45, 7) is 1.67. The van der Waals surface area contributed by atoms with Crippen LogP contribution in [0.25, 0.3) is 0 Å². The number of halogens is 4. The third kappa shape index (κ3) is 3.89. The van der Waals surface area contributed by atoms with Gasteiger partial charge in [0.1, 0.15) is 17.7 Å².